The third-order valence-corrected chi connectivity index (χ3v) is 6.58. The Morgan fingerprint density at radius 1 is 1.00 bits per heavy atom. The summed E-state index contributed by atoms with van der Waals surface area (Å²) in [4.78, 5) is 2.60. The summed E-state index contributed by atoms with van der Waals surface area (Å²) in [5.74, 6) is 0.993. The number of benzene rings is 1. The highest BCUT2D eigenvalue weighted by atomic mass is 16.5. The molecule has 1 aromatic rings. The summed E-state index contributed by atoms with van der Waals surface area (Å²) in [5.41, 5.74) is 8.14. The minimum atomic E-state index is 0.206. The molecule has 0 radical (unpaired) electrons. The fourth-order valence-electron chi connectivity index (χ4n) is 4.77. The second kappa shape index (κ2) is 8.09. The summed E-state index contributed by atoms with van der Waals surface area (Å²) in [6.07, 6.45) is 10.2. The minimum absolute atomic E-state index is 0.206. The van der Waals surface area contributed by atoms with Gasteiger partial charge in [0, 0.05) is 24.0 Å². The monoisotopic (exact) mass is 344 g/mol. The molecule has 1 saturated carbocycles. The molecule has 0 amide bonds. The van der Waals surface area contributed by atoms with Crippen molar-refractivity contribution < 1.29 is 4.74 Å². The Labute approximate surface area is 153 Å². The van der Waals surface area contributed by atoms with Gasteiger partial charge in [-0.15, -0.1) is 0 Å². The maximum Gasteiger partial charge on any atom is 0.119 e. The second-order valence-corrected chi connectivity index (χ2v) is 8.67. The van der Waals surface area contributed by atoms with Crippen LogP contribution in [0.15, 0.2) is 24.3 Å². The van der Waals surface area contributed by atoms with Gasteiger partial charge in [-0.3, -0.25) is 4.90 Å². The number of hydrogen-bond acceptors (Lipinski definition) is 3. The van der Waals surface area contributed by atoms with Crippen molar-refractivity contribution in [1.29, 1.82) is 0 Å². The predicted octanol–water partition coefficient (Wildman–Crippen LogP) is 4.49. The molecule has 25 heavy (non-hydrogen) atoms. The van der Waals surface area contributed by atoms with Gasteiger partial charge in [0.2, 0.25) is 0 Å². The standard InChI is InChI=1S/C22H36N2O/c1-21(2)12-6-15-24(21)16-7-17-25-20-10-8-19(9-11-20)22(18-23)13-4-3-5-14-22/h8-11H,3-7,12-18,23H2,1-2H3. The second-order valence-electron chi connectivity index (χ2n) is 8.67. The van der Waals surface area contributed by atoms with Crippen molar-refractivity contribution in [1.82, 2.24) is 4.90 Å². The molecular weight excluding hydrogens is 308 g/mol. The Balaban J connectivity index is 1.48. The van der Waals surface area contributed by atoms with E-state index in [4.69, 9.17) is 10.5 Å². The molecule has 0 unspecified atom stereocenters. The normalized spacial score (nSPS) is 22.8. The zero-order valence-electron chi connectivity index (χ0n) is 16.2. The van der Waals surface area contributed by atoms with E-state index in [0.717, 1.165) is 31.9 Å². The average molecular weight is 345 g/mol. The van der Waals surface area contributed by atoms with Crippen molar-refractivity contribution in [3.8, 4) is 5.75 Å². The molecule has 3 nitrogen and oxygen atoms in total. The van der Waals surface area contributed by atoms with E-state index >= 15 is 0 Å². The van der Waals surface area contributed by atoms with Gasteiger partial charge in [0.05, 0.1) is 6.61 Å². The molecule has 2 fully saturated rings. The van der Waals surface area contributed by atoms with Gasteiger partial charge in [0.15, 0.2) is 0 Å². The molecule has 0 spiro atoms. The molecule has 0 bridgehead atoms. The molecule has 1 aromatic carbocycles. The molecule has 140 valence electrons. The van der Waals surface area contributed by atoms with Crippen molar-refractivity contribution in [2.75, 3.05) is 26.2 Å². The molecule has 1 aliphatic carbocycles. The predicted molar refractivity (Wildman–Crippen MR) is 105 cm³/mol. The van der Waals surface area contributed by atoms with Crippen molar-refractivity contribution >= 4 is 0 Å². The maximum absolute atomic E-state index is 6.15. The lowest BCUT2D eigenvalue weighted by Crippen LogP contribution is -2.39. The smallest absolute Gasteiger partial charge is 0.119 e. The Morgan fingerprint density at radius 3 is 2.32 bits per heavy atom. The lowest BCUT2D eigenvalue weighted by atomic mass is 9.69. The third kappa shape index (κ3) is 4.38. The topological polar surface area (TPSA) is 38.5 Å². The largest absolute Gasteiger partial charge is 0.494 e. The van der Waals surface area contributed by atoms with Crippen molar-refractivity contribution in [2.24, 2.45) is 5.73 Å². The molecule has 1 heterocycles. The summed E-state index contributed by atoms with van der Waals surface area (Å²) in [7, 11) is 0. The van der Waals surface area contributed by atoms with Gasteiger partial charge in [-0.25, -0.2) is 0 Å². The van der Waals surface area contributed by atoms with Crippen LogP contribution in [-0.4, -0.2) is 36.7 Å². The number of hydrogen-bond donors (Lipinski definition) is 1. The molecular formula is C22H36N2O. The van der Waals surface area contributed by atoms with Crippen LogP contribution in [0.2, 0.25) is 0 Å². The van der Waals surface area contributed by atoms with Crippen LogP contribution in [0.1, 0.15) is 70.8 Å². The minimum Gasteiger partial charge on any atom is -0.494 e. The number of nitrogens with zero attached hydrogens (tertiary/aromatic N) is 1. The fourth-order valence-corrected chi connectivity index (χ4v) is 4.77. The molecule has 0 aromatic heterocycles. The maximum atomic E-state index is 6.15. The van der Waals surface area contributed by atoms with Crippen LogP contribution < -0.4 is 10.5 Å². The lowest BCUT2D eigenvalue weighted by Gasteiger charge is -2.37. The third-order valence-electron chi connectivity index (χ3n) is 6.58. The van der Waals surface area contributed by atoms with Gasteiger partial charge in [-0.2, -0.15) is 0 Å². The summed E-state index contributed by atoms with van der Waals surface area (Å²) in [6.45, 7) is 8.66. The Kier molecular flexibility index (Phi) is 6.06. The Morgan fingerprint density at radius 2 is 1.72 bits per heavy atom. The van der Waals surface area contributed by atoms with Crippen LogP contribution in [0.25, 0.3) is 0 Å². The zero-order chi connectivity index (χ0) is 17.8. The first-order valence-corrected chi connectivity index (χ1v) is 10.2. The summed E-state index contributed by atoms with van der Waals surface area (Å²) in [5, 5.41) is 0. The molecule has 1 aliphatic heterocycles. The first kappa shape index (κ1) is 18.7. The van der Waals surface area contributed by atoms with E-state index in [1.807, 2.05) is 0 Å². The average Bonchev–Trinajstić information content (AvgIpc) is 2.98. The fraction of sp³-hybridized carbons (Fsp3) is 0.727. The highest BCUT2D eigenvalue weighted by molar-refractivity contribution is 5.33. The zero-order valence-corrected chi connectivity index (χ0v) is 16.2. The van der Waals surface area contributed by atoms with E-state index in [1.165, 1.54) is 57.1 Å². The molecule has 2 N–H and O–H groups in total. The van der Waals surface area contributed by atoms with Crippen LogP contribution in [0.5, 0.6) is 5.75 Å². The summed E-state index contributed by atoms with van der Waals surface area (Å²) < 4.78 is 5.98. The van der Waals surface area contributed by atoms with Gasteiger partial charge < -0.3 is 10.5 Å². The van der Waals surface area contributed by atoms with E-state index in [2.05, 4.69) is 43.0 Å². The van der Waals surface area contributed by atoms with E-state index in [-0.39, 0.29) is 5.41 Å². The van der Waals surface area contributed by atoms with Gasteiger partial charge >= 0.3 is 0 Å². The molecule has 2 aliphatic rings. The Hall–Kier alpha value is -1.06. The SMILES string of the molecule is CC1(C)CCCN1CCCOc1ccc(C2(CN)CCCCC2)cc1. The Bertz CT molecular complexity index is 531. The highest BCUT2D eigenvalue weighted by Crippen LogP contribution is 2.39. The van der Waals surface area contributed by atoms with Crippen molar-refractivity contribution in [3.05, 3.63) is 29.8 Å². The molecule has 1 saturated heterocycles. The number of nitrogens with two attached hydrogens (primary N) is 1. The van der Waals surface area contributed by atoms with E-state index < -0.39 is 0 Å². The highest BCUT2D eigenvalue weighted by Gasteiger charge is 2.32. The first-order valence-electron chi connectivity index (χ1n) is 10.2. The number of ether oxygens (including phenoxy) is 1. The van der Waals surface area contributed by atoms with Crippen LogP contribution in [0.3, 0.4) is 0 Å². The van der Waals surface area contributed by atoms with E-state index in [0.29, 0.717) is 5.54 Å². The van der Waals surface area contributed by atoms with Crippen molar-refractivity contribution in [3.63, 3.8) is 0 Å². The van der Waals surface area contributed by atoms with E-state index in [1.54, 1.807) is 0 Å². The van der Waals surface area contributed by atoms with Gasteiger partial charge in [0.25, 0.3) is 0 Å². The number of likely N-dealkylation sites (tertiary alicyclic amines) is 1. The van der Waals surface area contributed by atoms with E-state index in [9.17, 15) is 0 Å². The van der Waals surface area contributed by atoms with Gasteiger partial charge in [-0.05, 0) is 70.2 Å². The number of rotatable bonds is 7. The molecule has 3 heteroatoms. The van der Waals surface area contributed by atoms with Crippen LogP contribution >= 0.6 is 0 Å². The van der Waals surface area contributed by atoms with Crippen LogP contribution in [-0.2, 0) is 5.41 Å². The lowest BCUT2D eigenvalue weighted by molar-refractivity contribution is 0.160. The first-order chi connectivity index (χ1) is 12.1. The van der Waals surface area contributed by atoms with Crippen LogP contribution in [0, 0.1) is 0 Å². The molecule has 3 rings (SSSR count). The summed E-state index contributed by atoms with van der Waals surface area (Å²) >= 11 is 0. The van der Waals surface area contributed by atoms with Gasteiger partial charge in [-0.1, -0.05) is 31.4 Å². The van der Waals surface area contributed by atoms with Gasteiger partial charge in [0.1, 0.15) is 5.75 Å². The van der Waals surface area contributed by atoms with Crippen molar-refractivity contribution in [2.45, 2.75) is 76.2 Å². The van der Waals surface area contributed by atoms with Crippen LogP contribution in [0.4, 0.5) is 0 Å². The quantitative estimate of drug-likeness (QED) is 0.741. The molecule has 0 atom stereocenters. The summed E-state index contributed by atoms with van der Waals surface area (Å²) in [6, 6.07) is 8.77.